The second kappa shape index (κ2) is 8.46. The van der Waals surface area contributed by atoms with Crippen molar-refractivity contribution < 1.29 is 23.8 Å². The van der Waals surface area contributed by atoms with Crippen LogP contribution in [-0.2, 0) is 30.3 Å². The first kappa shape index (κ1) is 22.5. The summed E-state index contributed by atoms with van der Waals surface area (Å²) in [6, 6.07) is 9.66. The molecule has 178 valence electrons. The van der Waals surface area contributed by atoms with Crippen LogP contribution >= 0.6 is 0 Å². The van der Waals surface area contributed by atoms with Gasteiger partial charge in [0, 0.05) is 31.8 Å². The van der Waals surface area contributed by atoms with Crippen molar-refractivity contribution in [2.75, 3.05) is 7.11 Å². The maximum absolute atomic E-state index is 12.6. The molecular formula is C23H29N3O7. The monoisotopic (exact) mass is 459 g/mol. The molecule has 0 bridgehead atoms. The van der Waals surface area contributed by atoms with Gasteiger partial charge in [-0.05, 0) is 26.3 Å². The average Bonchev–Trinajstić information content (AvgIpc) is 3.42. The molecule has 0 aliphatic carbocycles. The lowest BCUT2D eigenvalue weighted by molar-refractivity contribution is -0.249. The smallest absolute Gasteiger partial charge is 0.330 e. The largest absolute Gasteiger partial charge is 0.353 e. The second-order valence-electron chi connectivity index (χ2n) is 9.17. The zero-order valence-corrected chi connectivity index (χ0v) is 19.1. The summed E-state index contributed by atoms with van der Waals surface area (Å²) in [4.78, 5) is 33.0. The summed E-state index contributed by atoms with van der Waals surface area (Å²) < 4.78 is 25.5. The highest BCUT2D eigenvalue weighted by Crippen LogP contribution is 2.44. The summed E-state index contributed by atoms with van der Waals surface area (Å²) in [6.07, 6.45) is -0.334. The fourth-order valence-corrected chi connectivity index (χ4v) is 4.87. The van der Waals surface area contributed by atoms with Gasteiger partial charge in [-0.2, -0.15) is 5.06 Å². The number of rotatable bonds is 5. The standard InChI is InChI=1S/C23H29N3O7/c1-13-11-25(22(28)24-20(13)27)16-10-15(26(33-16)12-14-8-6-5-7-9-14)17-18-19(21(29-4)30-17)32-23(2,3)31-18/h5-9,11,15-19,21H,10,12H2,1-4H3,(H,24,27,28)/t15-,16+,17-,18+,19+,21+/m1/s1. The van der Waals surface area contributed by atoms with Gasteiger partial charge in [-0.15, -0.1) is 0 Å². The maximum Gasteiger partial charge on any atom is 0.330 e. The molecule has 6 atom stereocenters. The summed E-state index contributed by atoms with van der Waals surface area (Å²) in [6.45, 7) is 5.88. The van der Waals surface area contributed by atoms with Crippen LogP contribution in [0, 0.1) is 6.92 Å². The summed E-state index contributed by atoms with van der Waals surface area (Å²) in [5.74, 6) is -0.760. The summed E-state index contributed by atoms with van der Waals surface area (Å²) >= 11 is 0. The molecule has 33 heavy (non-hydrogen) atoms. The van der Waals surface area contributed by atoms with E-state index >= 15 is 0 Å². The molecule has 0 radical (unpaired) electrons. The first-order valence-electron chi connectivity index (χ1n) is 11.1. The van der Waals surface area contributed by atoms with Gasteiger partial charge in [0.2, 0.25) is 0 Å². The van der Waals surface area contributed by atoms with Gasteiger partial charge in [-0.25, -0.2) is 4.79 Å². The van der Waals surface area contributed by atoms with Crippen LogP contribution in [0.3, 0.4) is 0 Å². The fraction of sp³-hybridized carbons (Fsp3) is 0.565. The van der Waals surface area contributed by atoms with Gasteiger partial charge >= 0.3 is 5.69 Å². The Kier molecular flexibility index (Phi) is 5.76. The lowest BCUT2D eigenvalue weighted by atomic mass is 10.00. The summed E-state index contributed by atoms with van der Waals surface area (Å²) in [7, 11) is 1.58. The van der Waals surface area contributed by atoms with E-state index in [1.165, 1.54) is 10.8 Å². The molecule has 5 rings (SSSR count). The van der Waals surface area contributed by atoms with Gasteiger partial charge in [-0.3, -0.25) is 19.2 Å². The van der Waals surface area contributed by atoms with E-state index in [0.29, 0.717) is 18.5 Å². The minimum Gasteiger partial charge on any atom is -0.353 e. The van der Waals surface area contributed by atoms with Crippen molar-refractivity contribution in [1.29, 1.82) is 0 Å². The third kappa shape index (κ3) is 4.18. The first-order chi connectivity index (χ1) is 15.8. The highest BCUT2D eigenvalue weighted by atomic mass is 16.8. The zero-order valence-electron chi connectivity index (χ0n) is 19.1. The van der Waals surface area contributed by atoms with Gasteiger partial charge in [0.1, 0.15) is 18.3 Å². The number of aromatic amines is 1. The van der Waals surface area contributed by atoms with Gasteiger partial charge in [0.15, 0.2) is 18.3 Å². The maximum atomic E-state index is 12.6. The molecule has 0 spiro atoms. The molecule has 0 amide bonds. The number of hydroxylamine groups is 2. The van der Waals surface area contributed by atoms with Crippen molar-refractivity contribution in [3.63, 3.8) is 0 Å². The Bertz CT molecular complexity index is 1120. The predicted octanol–water partition coefficient (Wildman–Crippen LogP) is 1.44. The lowest BCUT2D eigenvalue weighted by Crippen LogP contribution is -2.45. The first-order valence-corrected chi connectivity index (χ1v) is 11.1. The third-order valence-corrected chi connectivity index (χ3v) is 6.37. The van der Waals surface area contributed by atoms with Crippen molar-refractivity contribution >= 4 is 0 Å². The van der Waals surface area contributed by atoms with Crippen molar-refractivity contribution in [2.24, 2.45) is 0 Å². The number of aryl methyl sites for hydroxylation is 1. The summed E-state index contributed by atoms with van der Waals surface area (Å²) in [5.41, 5.74) is 0.560. The van der Waals surface area contributed by atoms with Crippen LogP contribution in [0.15, 0.2) is 46.1 Å². The molecule has 1 aromatic heterocycles. The van der Waals surface area contributed by atoms with Crippen LogP contribution in [0.2, 0.25) is 0 Å². The molecule has 3 fully saturated rings. The Morgan fingerprint density at radius 2 is 1.85 bits per heavy atom. The predicted molar refractivity (Wildman–Crippen MR) is 116 cm³/mol. The number of aromatic nitrogens is 2. The number of methoxy groups -OCH3 is 1. The van der Waals surface area contributed by atoms with E-state index in [4.69, 9.17) is 23.8 Å². The van der Waals surface area contributed by atoms with E-state index in [0.717, 1.165) is 5.56 Å². The van der Waals surface area contributed by atoms with Gasteiger partial charge in [0.05, 0.1) is 6.04 Å². The minimum atomic E-state index is -0.760. The quantitative estimate of drug-likeness (QED) is 0.717. The Morgan fingerprint density at radius 1 is 1.12 bits per heavy atom. The average molecular weight is 459 g/mol. The van der Waals surface area contributed by atoms with Gasteiger partial charge in [-0.1, -0.05) is 30.3 Å². The van der Waals surface area contributed by atoms with E-state index < -0.39 is 35.7 Å². The van der Waals surface area contributed by atoms with E-state index in [9.17, 15) is 9.59 Å². The third-order valence-electron chi connectivity index (χ3n) is 6.37. The number of benzene rings is 1. The van der Waals surface area contributed by atoms with E-state index in [1.807, 2.05) is 49.2 Å². The second-order valence-corrected chi connectivity index (χ2v) is 9.17. The van der Waals surface area contributed by atoms with Crippen molar-refractivity contribution in [2.45, 2.75) is 76.4 Å². The van der Waals surface area contributed by atoms with Crippen molar-refractivity contribution in [3.05, 3.63) is 68.5 Å². The highest BCUT2D eigenvalue weighted by molar-refractivity contribution is 5.15. The number of hydrogen-bond donors (Lipinski definition) is 1. The van der Waals surface area contributed by atoms with Gasteiger partial charge < -0.3 is 18.9 Å². The molecular weight excluding hydrogens is 430 g/mol. The molecule has 1 aromatic carbocycles. The molecule has 4 heterocycles. The summed E-state index contributed by atoms with van der Waals surface area (Å²) in [5, 5.41) is 1.83. The Morgan fingerprint density at radius 3 is 2.58 bits per heavy atom. The molecule has 10 nitrogen and oxygen atoms in total. The Balaban J connectivity index is 1.47. The van der Waals surface area contributed by atoms with Crippen LogP contribution in [-0.4, -0.2) is 58.2 Å². The number of nitrogens with zero attached hydrogens (tertiary/aromatic N) is 2. The molecule has 0 saturated carbocycles. The molecule has 0 unspecified atom stereocenters. The number of fused-ring (bicyclic) bond motifs is 1. The van der Waals surface area contributed by atoms with Gasteiger partial charge in [0.25, 0.3) is 5.56 Å². The fourth-order valence-electron chi connectivity index (χ4n) is 4.87. The molecule has 3 saturated heterocycles. The molecule has 2 aromatic rings. The lowest BCUT2D eigenvalue weighted by Gasteiger charge is -2.30. The Labute approximate surface area is 190 Å². The number of hydrogen-bond acceptors (Lipinski definition) is 8. The van der Waals surface area contributed by atoms with E-state index in [-0.39, 0.29) is 18.2 Å². The van der Waals surface area contributed by atoms with Crippen molar-refractivity contribution in [3.8, 4) is 0 Å². The van der Waals surface area contributed by atoms with E-state index in [2.05, 4.69) is 4.98 Å². The molecule has 3 aliphatic heterocycles. The number of ether oxygens (including phenoxy) is 4. The molecule has 1 N–H and O–H groups in total. The normalized spacial score (nSPS) is 33.5. The topological polar surface area (TPSA) is 104 Å². The van der Waals surface area contributed by atoms with Crippen LogP contribution < -0.4 is 11.2 Å². The van der Waals surface area contributed by atoms with Crippen LogP contribution in [0.1, 0.15) is 37.6 Å². The molecule has 3 aliphatic rings. The SMILES string of the molecule is CO[C@H]1O[C@H]([C@H]2C[C@@H](n3cc(C)c(=O)[nH]c3=O)ON2Cc2ccccc2)[C@@H]2OC(C)(C)O[C@H]12. The zero-order chi connectivity index (χ0) is 23.3. The van der Waals surface area contributed by atoms with E-state index in [1.54, 1.807) is 14.0 Å². The highest BCUT2D eigenvalue weighted by Gasteiger charge is 2.59. The van der Waals surface area contributed by atoms with Crippen molar-refractivity contribution in [1.82, 2.24) is 14.6 Å². The van der Waals surface area contributed by atoms with Crippen LogP contribution in [0.5, 0.6) is 0 Å². The number of nitrogens with one attached hydrogen (secondary N) is 1. The number of H-pyrrole nitrogens is 1. The molecule has 10 heteroatoms. The Hall–Kier alpha value is -2.34. The van der Waals surface area contributed by atoms with Crippen LogP contribution in [0.25, 0.3) is 0 Å². The minimum absolute atomic E-state index is 0.250. The van der Waals surface area contributed by atoms with Crippen LogP contribution in [0.4, 0.5) is 0 Å².